The predicted molar refractivity (Wildman–Crippen MR) is 110 cm³/mol. The van der Waals surface area contributed by atoms with Gasteiger partial charge >= 0.3 is 5.91 Å². The fourth-order valence-corrected chi connectivity index (χ4v) is 3.49. The highest BCUT2D eigenvalue weighted by Gasteiger charge is 2.23. The maximum atomic E-state index is 12.9. The van der Waals surface area contributed by atoms with E-state index in [4.69, 9.17) is 0 Å². The third-order valence-electron chi connectivity index (χ3n) is 4.88. The molecule has 1 aliphatic rings. The summed E-state index contributed by atoms with van der Waals surface area (Å²) in [5.41, 5.74) is 6.82. The molecule has 1 amide bonds. The number of carbonyl (C=O) groups excluding carboxylic acids is 1. The third kappa shape index (κ3) is 3.23. The van der Waals surface area contributed by atoms with Crippen LogP contribution in [0.15, 0.2) is 79.3 Å². The number of aromatic nitrogens is 4. The molecule has 7 nitrogen and oxygen atoms in total. The number of benzene rings is 2. The van der Waals surface area contributed by atoms with Crippen molar-refractivity contribution >= 4 is 11.9 Å². The van der Waals surface area contributed by atoms with Gasteiger partial charge in [0.15, 0.2) is 0 Å². The van der Waals surface area contributed by atoms with E-state index in [9.17, 15) is 4.79 Å². The quantitative estimate of drug-likeness (QED) is 0.589. The lowest BCUT2D eigenvalue weighted by Crippen LogP contribution is -2.44. The molecule has 0 saturated carbocycles. The average Bonchev–Trinajstić information content (AvgIpc) is 3.22. The number of hydrogen-bond donors (Lipinski definition) is 1. The first-order valence-electron chi connectivity index (χ1n) is 9.38. The second kappa shape index (κ2) is 7.20. The van der Waals surface area contributed by atoms with Crippen LogP contribution in [-0.2, 0) is 6.42 Å². The second-order valence-electron chi connectivity index (χ2n) is 6.70. The Labute approximate surface area is 167 Å². The van der Waals surface area contributed by atoms with Gasteiger partial charge in [-0.15, -0.1) is 0 Å². The number of anilines is 1. The van der Waals surface area contributed by atoms with Crippen molar-refractivity contribution in [3.63, 3.8) is 0 Å². The number of nitrogens with one attached hydrogen (secondary N) is 1. The third-order valence-corrected chi connectivity index (χ3v) is 4.88. The molecule has 4 aromatic rings. The van der Waals surface area contributed by atoms with E-state index in [1.54, 1.807) is 23.5 Å². The van der Waals surface area contributed by atoms with E-state index in [1.165, 1.54) is 5.56 Å². The van der Waals surface area contributed by atoms with E-state index in [0.29, 0.717) is 18.2 Å². The summed E-state index contributed by atoms with van der Waals surface area (Å²) in [6, 6.07) is 19.7. The molecule has 0 bridgehead atoms. The summed E-state index contributed by atoms with van der Waals surface area (Å²) in [7, 11) is 0. The van der Waals surface area contributed by atoms with Gasteiger partial charge in [0.05, 0.1) is 11.4 Å². The van der Waals surface area contributed by atoms with E-state index >= 15 is 0 Å². The highest BCUT2D eigenvalue weighted by molar-refractivity contribution is 5.91. The van der Waals surface area contributed by atoms with Crippen LogP contribution in [-0.4, -0.2) is 32.0 Å². The Morgan fingerprint density at radius 1 is 0.931 bits per heavy atom. The van der Waals surface area contributed by atoms with Gasteiger partial charge in [0.2, 0.25) is 11.8 Å². The van der Waals surface area contributed by atoms with Gasteiger partial charge in [0.25, 0.3) is 0 Å². The molecule has 7 heteroatoms. The van der Waals surface area contributed by atoms with Crippen molar-refractivity contribution < 1.29 is 4.79 Å². The maximum Gasteiger partial charge on any atom is 0.307 e. The van der Waals surface area contributed by atoms with E-state index < -0.39 is 0 Å². The van der Waals surface area contributed by atoms with Gasteiger partial charge in [-0.1, -0.05) is 48.5 Å². The Hall–Kier alpha value is -4.00. The number of hydrogen-bond acceptors (Lipinski definition) is 5. The first-order chi connectivity index (χ1) is 14.3. The van der Waals surface area contributed by atoms with E-state index in [1.807, 2.05) is 53.2 Å². The summed E-state index contributed by atoms with van der Waals surface area (Å²) in [5, 5.41) is 1.75. The summed E-state index contributed by atoms with van der Waals surface area (Å²) in [4.78, 5) is 25.9. The maximum absolute atomic E-state index is 12.9. The van der Waals surface area contributed by atoms with Crippen LogP contribution in [0.4, 0.5) is 5.95 Å². The van der Waals surface area contributed by atoms with Gasteiger partial charge in [0, 0.05) is 30.7 Å². The molecule has 0 aliphatic carbocycles. The molecule has 0 radical (unpaired) electrons. The number of rotatable bonds is 3. The van der Waals surface area contributed by atoms with Crippen molar-refractivity contribution in [2.45, 2.75) is 6.42 Å². The van der Waals surface area contributed by atoms with Crippen LogP contribution in [0.3, 0.4) is 0 Å². The number of amides is 1. The molecule has 29 heavy (non-hydrogen) atoms. The molecule has 0 atom stereocenters. The Balaban J connectivity index is 1.42. The number of hydrazine groups is 1. The van der Waals surface area contributed by atoms with Crippen LogP contribution >= 0.6 is 0 Å². The SMILES string of the molecule is O=C(NN1CCc2ccccc2-n2ccnc21)c1nccc(-c2ccccc2)n1. The molecule has 1 aliphatic heterocycles. The molecule has 0 unspecified atom stereocenters. The van der Waals surface area contributed by atoms with Crippen LogP contribution in [0.1, 0.15) is 16.2 Å². The lowest BCUT2D eigenvalue weighted by Gasteiger charge is -2.22. The van der Waals surface area contributed by atoms with Crippen molar-refractivity contribution in [2.75, 3.05) is 11.6 Å². The van der Waals surface area contributed by atoms with Gasteiger partial charge in [0.1, 0.15) is 0 Å². The first-order valence-corrected chi connectivity index (χ1v) is 9.38. The summed E-state index contributed by atoms with van der Waals surface area (Å²) in [6.07, 6.45) is 6.00. The molecule has 3 heterocycles. The number of imidazole rings is 1. The number of carbonyl (C=O) groups is 1. The van der Waals surface area contributed by atoms with E-state index in [0.717, 1.165) is 17.7 Å². The minimum Gasteiger partial charge on any atom is -0.284 e. The molecular weight excluding hydrogens is 364 g/mol. The Bertz CT molecular complexity index is 1170. The fourth-order valence-electron chi connectivity index (χ4n) is 3.49. The lowest BCUT2D eigenvalue weighted by atomic mass is 10.1. The smallest absolute Gasteiger partial charge is 0.284 e. The Morgan fingerprint density at radius 3 is 2.66 bits per heavy atom. The molecule has 2 aromatic carbocycles. The van der Waals surface area contributed by atoms with Gasteiger partial charge in [-0.3, -0.25) is 19.8 Å². The minimum atomic E-state index is -0.372. The summed E-state index contributed by atoms with van der Waals surface area (Å²) in [6.45, 7) is 0.595. The highest BCUT2D eigenvalue weighted by atomic mass is 16.2. The van der Waals surface area contributed by atoms with Crippen LogP contribution in [0.2, 0.25) is 0 Å². The normalized spacial score (nSPS) is 12.6. The summed E-state index contributed by atoms with van der Waals surface area (Å²) < 4.78 is 1.98. The van der Waals surface area contributed by atoms with Crippen molar-refractivity contribution in [1.82, 2.24) is 24.9 Å². The summed E-state index contributed by atoms with van der Waals surface area (Å²) in [5.74, 6) is 0.400. The standard InChI is InChI=1S/C22H18N6O/c29-21(20-23-12-10-18(25-20)16-6-2-1-3-7-16)26-28-14-11-17-8-4-5-9-19(17)27-15-13-24-22(27)28/h1-10,12-13,15H,11,14H2,(H,26,29). The lowest BCUT2D eigenvalue weighted by molar-refractivity contribution is 0.0937. The zero-order valence-corrected chi connectivity index (χ0v) is 15.6. The van der Waals surface area contributed by atoms with Crippen LogP contribution in [0.25, 0.3) is 16.9 Å². The van der Waals surface area contributed by atoms with Gasteiger partial charge in [-0.2, -0.15) is 0 Å². The molecule has 0 saturated heterocycles. The van der Waals surface area contributed by atoms with Gasteiger partial charge in [-0.05, 0) is 24.1 Å². The monoisotopic (exact) mass is 382 g/mol. The average molecular weight is 382 g/mol. The fraction of sp³-hybridized carbons (Fsp3) is 0.0909. The number of nitrogens with zero attached hydrogens (tertiary/aromatic N) is 5. The zero-order valence-electron chi connectivity index (χ0n) is 15.6. The molecule has 0 fully saturated rings. The predicted octanol–water partition coefficient (Wildman–Crippen LogP) is 3.04. The molecule has 2 aromatic heterocycles. The Kier molecular flexibility index (Phi) is 4.25. The van der Waals surface area contributed by atoms with E-state index in [2.05, 4.69) is 32.5 Å². The number of fused-ring (bicyclic) bond motifs is 3. The van der Waals surface area contributed by atoms with Crippen molar-refractivity contribution in [3.05, 3.63) is 90.6 Å². The topological polar surface area (TPSA) is 75.9 Å². The number of para-hydroxylation sites is 1. The first kappa shape index (κ1) is 17.1. The van der Waals surface area contributed by atoms with Crippen molar-refractivity contribution in [3.8, 4) is 16.9 Å². The second-order valence-corrected chi connectivity index (χ2v) is 6.70. The highest BCUT2D eigenvalue weighted by Crippen LogP contribution is 2.25. The van der Waals surface area contributed by atoms with Crippen LogP contribution in [0, 0.1) is 0 Å². The minimum absolute atomic E-state index is 0.117. The molecule has 1 N–H and O–H groups in total. The zero-order chi connectivity index (χ0) is 19.6. The molecule has 5 rings (SSSR count). The van der Waals surface area contributed by atoms with Gasteiger partial charge in [-0.25, -0.2) is 15.0 Å². The van der Waals surface area contributed by atoms with Crippen molar-refractivity contribution in [2.24, 2.45) is 0 Å². The van der Waals surface area contributed by atoms with Crippen molar-refractivity contribution in [1.29, 1.82) is 0 Å². The largest absolute Gasteiger partial charge is 0.307 e. The molecular formula is C22H18N6O. The molecule has 142 valence electrons. The van der Waals surface area contributed by atoms with Crippen LogP contribution in [0.5, 0.6) is 0 Å². The van der Waals surface area contributed by atoms with Gasteiger partial charge < -0.3 is 0 Å². The Morgan fingerprint density at radius 2 is 1.76 bits per heavy atom. The van der Waals surface area contributed by atoms with Crippen LogP contribution < -0.4 is 10.4 Å². The molecule has 0 spiro atoms. The van der Waals surface area contributed by atoms with E-state index in [-0.39, 0.29) is 11.7 Å². The summed E-state index contributed by atoms with van der Waals surface area (Å²) >= 11 is 0.